The molecule has 0 spiro atoms. The smallest absolute Gasteiger partial charge is 0.269 e. The van der Waals surface area contributed by atoms with Crippen molar-refractivity contribution < 1.29 is 14.7 Å². The summed E-state index contributed by atoms with van der Waals surface area (Å²) in [5.41, 5.74) is -0.460. The second-order valence-corrected chi connectivity index (χ2v) is 9.83. The monoisotopic (exact) mass is 467 g/mol. The second kappa shape index (κ2) is 8.95. The summed E-state index contributed by atoms with van der Waals surface area (Å²) >= 11 is 0.420. The van der Waals surface area contributed by atoms with Gasteiger partial charge in [-0.15, -0.1) is 0 Å². The van der Waals surface area contributed by atoms with Crippen molar-refractivity contribution in [1.29, 1.82) is 0 Å². The molecular weight excluding hydrogens is 441 g/mol. The van der Waals surface area contributed by atoms with E-state index in [4.69, 9.17) is 9.47 Å². The third kappa shape index (κ3) is 4.55. The third-order valence-electron chi connectivity index (χ3n) is 5.36. The molecule has 2 N–H and O–H groups in total. The summed E-state index contributed by atoms with van der Waals surface area (Å²) in [5.74, 6) is 0. The number of aryl methyl sites for hydroxylation is 1. The Bertz CT molecular complexity index is 947. The van der Waals surface area contributed by atoms with Gasteiger partial charge in [-0.05, 0) is 0 Å². The maximum atomic E-state index is 12.1. The standard InChI is InChI=1S/C20H25N3O5Se/c1-13-11-22(20(25)21-19(13)24)18-10-15-16(28-18)12-27-17(23(15)26)8-5-9-29-14-6-3-2-4-7-14/h2-4,6-7,11,15-18,26H,5,8-10,12H2,1H3,(H,21,24,25). The molecule has 4 rings (SSSR count). The minimum Gasteiger partial charge on any atom is -0.269 e. The number of hydrogen-bond acceptors (Lipinski definition) is 6. The van der Waals surface area contributed by atoms with Gasteiger partial charge >= 0.3 is 170 Å². The molecule has 2 aliphatic heterocycles. The summed E-state index contributed by atoms with van der Waals surface area (Å²) in [7, 11) is 0. The number of hydroxylamine groups is 2. The molecule has 2 aliphatic rings. The van der Waals surface area contributed by atoms with Crippen molar-refractivity contribution in [2.45, 2.75) is 56.1 Å². The van der Waals surface area contributed by atoms with Crippen molar-refractivity contribution >= 4 is 19.4 Å². The van der Waals surface area contributed by atoms with Crippen molar-refractivity contribution in [3.05, 3.63) is 62.9 Å². The fourth-order valence-electron chi connectivity index (χ4n) is 3.79. The Morgan fingerprint density at radius 3 is 2.86 bits per heavy atom. The third-order valence-corrected chi connectivity index (χ3v) is 7.66. The molecule has 156 valence electrons. The summed E-state index contributed by atoms with van der Waals surface area (Å²) < 4.78 is 14.5. The summed E-state index contributed by atoms with van der Waals surface area (Å²) in [6.45, 7) is 2.02. The van der Waals surface area contributed by atoms with E-state index in [-0.39, 0.29) is 18.4 Å². The van der Waals surface area contributed by atoms with Gasteiger partial charge in [-0.25, -0.2) is 0 Å². The minimum atomic E-state index is -0.536. The Morgan fingerprint density at radius 2 is 2.07 bits per heavy atom. The van der Waals surface area contributed by atoms with Crippen LogP contribution in [-0.4, -0.2) is 59.8 Å². The molecule has 2 saturated heterocycles. The predicted molar refractivity (Wildman–Crippen MR) is 108 cm³/mol. The Labute approximate surface area is 174 Å². The van der Waals surface area contributed by atoms with E-state index >= 15 is 0 Å². The molecule has 0 amide bonds. The summed E-state index contributed by atoms with van der Waals surface area (Å²) in [4.78, 5) is 26.0. The Balaban J connectivity index is 1.33. The van der Waals surface area contributed by atoms with E-state index in [1.807, 2.05) is 6.07 Å². The number of rotatable bonds is 6. The first-order valence-electron chi connectivity index (χ1n) is 9.77. The quantitative estimate of drug-likeness (QED) is 0.483. The zero-order chi connectivity index (χ0) is 20.4. The van der Waals surface area contributed by atoms with Crippen molar-refractivity contribution in [2.24, 2.45) is 0 Å². The average molecular weight is 466 g/mol. The van der Waals surface area contributed by atoms with Gasteiger partial charge in [0.15, 0.2) is 0 Å². The number of aromatic amines is 1. The number of H-pyrrole nitrogens is 1. The molecule has 2 aromatic rings. The van der Waals surface area contributed by atoms with Crippen molar-refractivity contribution in [1.82, 2.24) is 14.6 Å². The van der Waals surface area contributed by atoms with Gasteiger partial charge in [-0.3, -0.25) is 4.79 Å². The minimum absolute atomic E-state index is 0.238. The Kier molecular flexibility index (Phi) is 6.34. The topological polar surface area (TPSA) is 96.8 Å². The first kappa shape index (κ1) is 20.5. The molecule has 1 aromatic heterocycles. The van der Waals surface area contributed by atoms with Crippen LogP contribution in [0.2, 0.25) is 5.32 Å². The number of ether oxygens (including phenoxy) is 2. The molecule has 1 aromatic carbocycles. The molecule has 0 aliphatic carbocycles. The zero-order valence-corrected chi connectivity index (χ0v) is 17.9. The molecule has 0 saturated carbocycles. The number of hydrogen-bond donors (Lipinski definition) is 2. The van der Waals surface area contributed by atoms with Gasteiger partial charge in [-0.1, -0.05) is 0 Å². The van der Waals surface area contributed by atoms with Gasteiger partial charge in [0.25, 0.3) is 0 Å². The van der Waals surface area contributed by atoms with Crippen LogP contribution < -0.4 is 15.7 Å². The first-order chi connectivity index (χ1) is 14.0. The second-order valence-electron chi connectivity index (χ2n) is 7.38. The van der Waals surface area contributed by atoms with Gasteiger partial charge in [0.1, 0.15) is 0 Å². The van der Waals surface area contributed by atoms with Gasteiger partial charge in [0.05, 0.1) is 0 Å². The number of benzene rings is 1. The van der Waals surface area contributed by atoms with Crippen LogP contribution in [0.25, 0.3) is 0 Å². The van der Waals surface area contributed by atoms with Gasteiger partial charge < -0.3 is 0 Å². The molecular formula is C20H25N3O5Se. The summed E-state index contributed by atoms with van der Waals surface area (Å²) in [6, 6.07) is 10.2. The van der Waals surface area contributed by atoms with E-state index in [1.165, 1.54) is 20.3 Å². The first-order valence-corrected chi connectivity index (χ1v) is 11.8. The van der Waals surface area contributed by atoms with E-state index in [2.05, 4.69) is 29.2 Å². The normalized spacial score (nSPS) is 27.1. The molecule has 3 heterocycles. The zero-order valence-electron chi connectivity index (χ0n) is 16.2. The van der Waals surface area contributed by atoms with Gasteiger partial charge in [0, 0.05) is 0 Å². The molecule has 9 heteroatoms. The molecule has 0 radical (unpaired) electrons. The number of aromatic nitrogens is 2. The molecule has 4 atom stereocenters. The van der Waals surface area contributed by atoms with Gasteiger partial charge in [0.2, 0.25) is 0 Å². The molecule has 2 fully saturated rings. The maximum absolute atomic E-state index is 12.1. The molecule has 4 unspecified atom stereocenters. The molecule has 0 bridgehead atoms. The average Bonchev–Trinajstić information content (AvgIpc) is 3.15. The van der Waals surface area contributed by atoms with E-state index in [0.717, 1.165) is 18.2 Å². The van der Waals surface area contributed by atoms with Crippen LogP contribution in [0.3, 0.4) is 0 Å². The van der Waals surface area contributed by atoms with E-state index in [1.54, 1.807) is 6.92 Å². The molecule has 8 nitrogen and oxygen atoms in total. The number of nitrogens with one attached hydrogen (secondary N) is 1. The fourth-order valence-corrected chi connectivity index (χ4v) is 5.67. The SMILES string of the molecule is Cc1cn(C2CC3C(COC(CCC[Se]c4ccccc4)N3O)O2)c(=O)[nH]c1=O. The van der Waals surface area contributed by atoms with Gasteiger partial charge in [-0.2, -0.15) is 0 Å². The van der Waals surface area contributed by atoms with Crippen LogP contribution in [-0.2, 0) is 9.47 Å². The van der Waals surface area contributed by atoms with Crippen LogP contribution in [0.15, 0.2) is 46.1 Å². The van der Waals surface area contributed by atoms with Crippen molar-refractivity contribution in [3.8, 4) is 0 Å². The van der Waals surface area contributed by atoms with Crippen LogP contribution in [0.4, 0.5) is 0 Å². The van der Waals surface area contributed by atoms with Crippen LogP contribution in [0.1, 0.15) is 31.1 Å². The Hall–Kier alpha value is -1.74. The van der Waals surface area contributed by atoms with E-state index < -0.39 is 17.5 Å². The van der Waals surface area contributed by atoms with Crippen molar-refractivity contribution in [2.75, 3.05) is 6.61 Å². The number of nitrogens with zero attached hydrogens (tertiary/aromatic N) is 2. The van der Waals surface area contributed by atoms with E-state index in [9.17, 15) is 14.8 Å². The fraction of sp³-hybridized carbons (Fsp3) is 0.500. The summed E-state index contributed by atoms with van der Waals surface area (Å²) in [5, 5.41) is 13.0. The summed E-state index contributed by atoms with van der Waals surface area (Å²) in [6.07, 6.45) is 2.47. The predicted octanol–water partition coefficient (Wildman–Crippen LogP) is 0.777. The van der Waals surface area contributed by atoms with E-state index in [0.29, 0.717) is 33.5 Å². The van der Waals surface area contributed by atoms with Crippen molar-refractivity contribution in [3.63, 3.8) is 0 Å². The Morgan fingerprint density at radius 1 is 1.28 bits per heavy atom. The number of fused-ring (bicyclic) bond motifs is 1. The van der Waals surface area contributed by atoms with Crippen LogP contribution in [0.5, 0.6) is 0 Å². The van der Waals surface area contributed by atoms with Crippen LogP contribution >= 0.6 is 0 Å². The van der Waals surface area contributed by atoms with Crippen LogP contribution in [0, 0.1) is 6.92 Å². The molecule has 29 heavy (non-hydrogen) atoms.